The highest BCUT2D eigenvalue weighted by molar-refractivity contribution is 5.83. The topological polar surface area (TPSA) is 75.6 Å². The first-order valence-electron chi connectivity index (χ1n) is 6.77. The van der Waals surface area contributed by atoms with E-state index >= 15 is 0 Å². The highest BCUT2D eigenvalue weighted by atomic mass is 16.1. The lowest BCUT2D eigenvalue weighted by Crippen LogP contribution is -2.55. The van der Waals surface area contributed by atoms with E-state index in [1.807, 2.05) is 0 Å². The Labute approximate surface area is 110 Å². The van der Waals surface area contributed by atoms with Crippen LogP contribution in [-0.2, 0) is 4.79 Å². The van der Waals surface area contributed by atoms with Crippen LogP contribution >= 0.6 is 0 Å². The lowest BCUT2D eigenvalue weighted by Gasteiger charge is -2.42. The van der Waals surface area contributed by atoms with Crippen LogP contribution in [0.15, 0.2) is 0 Å². The molecule has 3 atom stereocenters. The van der Waals surface area contributed by atoms with Crippen LogP contribution in [-0.4, -0.2) is 60.0 Å². The summed E-state index contributed by atoms with van der Waals surface area (Å²) in [6.07, 6.45) is 1.57. The van der Waals surface area contributed by atoms with Crippen molar-refractivity contribution in [2.75, 3.05) is 26.7 Å². The maximum Gasteiger partial charge on any atom is 0.237 e. The third kappa shape index (κ3) is 3.93. The molecule has 0 spiro atoms. The van der Waals surface area contributed by atoms with Crippen LogP contribution in [0, 0.1) is 0 Å². The molecule has 0 bridgehead atoms. The van der Waals surface area contributed by atoms with E-state index in [1.165, 1.54) is 0 Å². The van der Waals surface area contributed by atoms with Crippen LogP contribution in [0.25, 0.3) is 0 Å². The van der Waals surface area contributed by atoms with Gasteiger partial charge in [-0.05, 0) is 47.2 Å². The second kappa shape index (κ2) is 5.99. The Morgan fingerprint density at radius 1 is 1.33 bits per heavy atom. The van der Waals surface area contributed by atoms with Gasteiger partial charge in [-0.2, -0.15) is 0 Å². The summed E-state index contributed by atoms with van der Waals surface area (Å²) in [6.45, 7) is 9.36. The Balaban J connectivity index is 2.34. The molecule has 1 fully saturated rings. The summed E-state index contributed by atoms with van der Waals surface area (Å²) >= 11 is 0. The van der Waals surface area contributed by atoms with Crippen molar-refractivity contribution in [2.45, 2.75) is 51.2 Å². The van der Waals surface area contributed by atoms with Crippen molar-refractivity contribution < 1.29 is 4.79 Å². The number of nitrogens with zero attached hydrogens (tertiary/aromatic N) is 2. The Kier molecular flexibility index (Phi) is 5.13. The molecule has 4 N–H and O–H groups in total. The van der Waals surface area contributed by atoms with E-state index in [-0.39, 0.29) is 0 Å². The number of hydrogen-bond donors (Lipinski definition) is 2. The number of carbonyl (C=O) groups excluding carboxylic acids is 1. The molecule has 106 valence electrons. The monoisotopic (exact) mass is 256 g/mol. The number of carbonyl (C=O) groups is 1. The van der Waals surface area contributed by atoms with E-state index in [0.29, 0.717) is 18.5 Å². The molecule has 0 aromatic carbocycles. The van der Waals surface area contributed by atoms with Gasteiger partial charge in [-0.3, -0.25) is 9.69 Å². The lowest BCUT2D eigenvalue weighted by molar-refractivity contribution is -0.122. The Bertz CT molecular complexity index is 281. The van der Waals surface area contributed by atoms with Crippen molar-refractivity contribution in [1.29, 1.82) is 0 Å². The van der Waals surface area contributed by atoms with Crippen molar-refractivity contribution in [3.05, 3.63) is 0 Å². The average Bonchev–Trinajstić information content (AvgIpc) is 2.25. The summed E-state index contributed by atoms with van der Waals surface area (Å²) in [4.78, 5) is 16.0. The molecule has 0 radical (unpaired) electrons. The van der Waals surface area contributed by atoms with Gasteiger partial charge in [0, 0.05) is 25.2 Å². The Morgan fingerprint density at radius 2 is 1.83 bits per heavy atom. The fourth-order valence-corrected chi connectivity index (χ4v) is 2.49. The van der Waals surface area contributed by atoms with Crippen molar-refractivity contribution in [3.8, 4) is 0 Å². The molecule has 5 heteroatoms. The van der Waals surface area contributed by atoms with Crippen molar-refractivity contribution in [1.82, 2.24) is 9.80 Å². The summed E-state index contributed by atoms with van der Waals surface area (Å²) in [5, 5.41) is 0. The zero-order chi connectivity index (χ0) is 13.9. The molecule has 1 rings (SSSR count). The van der Waals surface area contributed by atoms with Gasteiger partial charge in [-0.1, -0.05) is 0 Å². The Hall–Kier alpha value is -0.650. The fraction of sp³-hybridized carbons (Fsp3) is 0.923. The van der Waals surface area contributed by atoms with Gasteiger partial charge in [0.2, 0.25) is 5.91 Å². The van der Waals surface area contributed by atoms with Gasteiger partial charge >= 0.3 is 0 Å². The molecule has 1 saturated heterocycles. The van der Waals surface area contributed by atoms with Crippen LogP contribution in [0.5, 0.6) is 0 Å². The van der Waals surface area contributed by atoms with Gasteiger partial charge < -0.3 is 16.4 Å². The molecular weight excluding hydrogens is 228 g/mol. The van der Waals surface area contributed by atoms with Crippen LogP contribution in [0.2, 0.25) is 0 Å². The van der Waals surface area contributed by atoms with E-state index in [1.54, 1.807) is 6.92 Å². The van der Waals surface area contributed by atoms with Crippen LogP contribution in [0.1, 0.15) is 33.6 Å². The van der Waals surface area contributed by atoms with Gasteiger partial charge in [-0.25, -0.2) is 0 Å². The molecule has 1 heterocycles. The third-order valence-electron chi connectivity index (χ3n) is 4.17. The third-order valence-corrected chi connectivity index (χ3v) is 4.17. The van der Waals surface area contributed by atoms with E-state index in [0.717, 1.165) is 26.1 Å². The molecule has 5 nitrogen and oxygen atoms in total. The Morgan fingerprint density at radius 3 is 2.28 bits per heavy atom. The minimum Gasteiger partial charge on any atom is -0.368 e. The molecular formula is C13H28N4O. The zero-order valence-corrected chi connectivity index (χ0v) is 12.1. The SMILES string of the molecule is CC1CN(CCCC(C)(N)C(N)=O)CC(C)N1C. The number of nitrogens with two attached hydrogens (primary N) is 2. The summed E-state index contributed by atoms with van der Waals surface area (Å²) < 4.78 is 0. The first-order chi connectivity index (χ1) is 8.24. The molecule has 0 saturated carbocycles. The van der Waals surface area contributed by atoms with Crippen molar-refractivity contribution in [3.63, 3.8) is 0 Å². The second-order valence-corrected chi connectivity index (χ2v) is 6.01. The number of amides is 1. The molecule has 18 heavy (non-hydrogen) atoms. The molecule has 0 aromatic heterocycles. The van der Waals surface area contributed by atoms with Crippen LogP contribution in [0.3, 0.4) is 0 Å². The van der Waals surface area contributed by atoms with Crippen LogP contribution < -0.4 is 11.5 Å². The van der Waals surface area contributed by atoms with E-state index in [2.05, 4.69) is 30.7 Å². The predicted molar refractivity (Wildman–Crippen MR) is 74.1 cm³/mol. The first kappa shape index (κ1) is 15.4. The minimum atomic E-state index is -0.871. The quantitative estimate of drug-likeness (QED) is 0.725. The van der Waals surface area contributed by atoms with Gasteiger partial charge in [0.25, 0.3) is 0 Å². The number of hydrogen-bond acceptors (Lipinski definition) is 4. The van der Waals surface area contributed by atoms with Gasteiger partial charge in [0.15, 0.2) is 0 Å². The van der Waals surface area contributed by atoms with Crippen molar-refractivity contribution >= 4 is 5.91 Å². The lowest BCUT2D eigenvalue weighted by atomic mass is 9.96. The normalized spacial score (nSPS) is 30.1. The number of piperazine rings is 1. The van der Waals surface area contributed by atoms with Gasteiger partial charge in [0.05, 0.1) is 5.54 Å². The summed E-state index contributed by atoms with van der Waals surface area (Å²) in [6, 6.07) is 1.16. The molecule has 0 aliphatic carbocycles. The minimum absolute atomic E-state index is 0.414. The van der Waals surface area contributed by atoms with Gasteiger partial charge in [-0.15, -0.1) is 0 Å². The summed E-state index contributed by atoms with van der Waals surface area (Å²) in [7, 11) is 2.18. The summed E-state index contributed by atoms with van der Waals surface area (Å²) in [5.74, 6) is -0.414. The van der Waals surface area contributed by atoms with Crippen molar-refractivity contribution in [2.24, 2.45) is 11.5 Å². The van der Waals surface area contributed by atoms with Gasteiger partial charge in [0.1, 0.15) is 0 Å². The molecule has 1 aliphatic rings. The molecule has 1 aliphatic heterocycles. The largest absolute Gasteiger partial charge is 0.368 e. The van der Waals surface area contributed by atoms with E-state index in [9.17, 15) is 4.79 Å². The standard InChI is InChI=1S/C13H28N4O/c1-10-8-17(9-11(2)16(10)4)7-5-6-13(3,15)12(14)18/h10-11H,5-9,15H2,1-4H3,(H2,14,18). The smallest absolute Gasteiger partial charge is 0.237 e. The number of primary amides is 1. The zero-order valence-electron chi connectivity index (χ0n) is 12.1. The van der Waals surface area contributed by atoms with E-state index < -0.39 is 11.4 Å². The maximum atomic E-state index is 11.1. The highest BCUT2D eigenvalue weighted by Gasteiger charge is 2.28. The molecule has 3 unspecified atom stereocenters. The average molecular weight is 256 g/mol. The first-order valence-corrected chi connectivity index (χ1v) is 6.77. The van der Waals surface area contributed by atoms with Crippen LogP contribution in [0.4, 0.5) is 0 Å². The maximum absolute atomic E-state index is 11.1. The summed E-state index contributed by atoms with van der Waals surface area (Å²) in [5.41, 5.74) is 10.2. The second-order valence-electron chi connectivity index (χ2n) is 6.01. The highest BCUT2D eigenvalue weighted by Crippen LogP contribution is 2.15. The molecule has 0 aromatic rings. The predicted octanol–water partition coefficient (Wildman–Crippen LogP) is -0.00630. The molecule has 1 amide bonds. The van der Waals surface area contributed by atoms with E-state index in [4.69, 9.17) is 11.5 Å². The number of likely N-dealkylation sites (N-methyl/N-ethyl adjacent to an activating group) is 1. The number of rotatable bonds is 5. The fourth-order valence-electron chi connectivity index (χ4n) is 2.49.